The van der Waals surface area contributed by atoms with Crippen LogP contribution in [0.4, 0.5) is 5.69 Å². The second kappa shape index (κ2) is 7.03. The summed E-state index contributed by atoms with van der Waals surface area (Å²) in [6.45, 7) is 5.11. The third-order valence-electron chi connectivity index (χ3n) is 2.05. The Kier molecular flexibility index (Phi) is 6.63. The lowest BCUT2D eigenvalue weighted by Crippen LogP contribution is -2.40. The summed E-state index contributed by atoms with van der Waals surface area (Å²) >= 11 is 0. The van der Waals surface area contributed by atoms with Gasteiger partial charge in [0.05, 0.1) is 11.4 Å². The molecule has 0 saturated carbocycles. The van der Waals surface area contributed by atoms with Crippen molar-refractivity contribution in [2.75, 3.05) is 11.9 Å². The molecule has 0 unspecified atom stereocenters. The quantitative estimate of drug-likeness (QED) is 0.772. The number of benzene rings is 1. The van der Waals surface area contributed by atoms with Crippen molar-refractivity contribution < 1.29 is 13.2 Å². The van der Waals surface area contributed by atoms with Gasteiger partial charge in [-0.25, -0.2) is 13.1 Å². The lowest BCUT2D eigenvalue weighted by atomic mass is 10.1. The van der Waals surface area contributed by atoms with Crippen LogP contribution in [0.3, 0.4) is 0 Å². The van der Waals surface area contributed by atoms with Gasteiger partial charge in [-0.15, -0.1) is 12.4 Å². The lowest BCUT2D eigenvalue weighted by molar-refractivity contribution is -0.114. The first-order chi connectivity index (χ1) is 8.64. The van der Waals surface area contributed by atoms with E-state index in [0.717, 1.165) is 0 Å². The molecule has 0 radical (unpaired) electrons. The molecule has 4 N–H and O–H groups in total. The van der Waals surface area contributed by atoms with E-state index in [1.165, 1.54) is 12.1 Å². The van der Waals surface area contributed by atoms with Gasteiger partial charge in [-0.3, -0.25) is 4.79 Å². The van der Waals surface area contributed by atoms with E-state index in [0.29, 0.717) is 5.69 Å². The summed E-state index contributed by atoms with van der Waals surface area (Å²) in [6.07, 6.45) is 0. The average Bonchev–Trinajstić information content (AvgIpc) is 2.26. The maximum atomic E-state index is 12.1. The molecule has 0 fully saturated rings. The number of nitrogens with two attached hydrogens (primary N) is 1. The van der Waals surface area contributed by atoms with Crippen LogP contribution in [0, 0.1) is 0 Å². The van der Waals surface area contributed by atoms with Gasteiger partial charge >= 0.3 is 0 Å². The number of sulfonamides is 1. The van der Waals surface area contributed by atoms with Gasteiger partial charge in [-0.1, -0.05) is 6.07 Å². The molecule has 0 aliphatic carbocycles. The number of halogens is 1. The molecule has 0 aliphatic heterocycles. The highest BCUT2D eigenvalue weighted by molar-refractivity contribution is 7.89. The Morgan fingerprint density at radius 2 is 1.90 bits per heavy atom. The molecule has 1 aromatic carbocycles. The molecule has 20 heavy (non-hydrogen) atoms. The smallest absolute Gasteiger partial charge is 0.241 e. The van der Waals surface area contributed by atoms with E-state index in [9.17, 15) is 13.2 Å². The van der Waals surface area contributed by atoms with E-state index in [2.05, 4.69) is 10.0 Å². The highest BCUT2D eigenvalue weighted by atomic mass is 35.5. The first kappa shape index (κ1) is 18.9. The largest absolute Gasteiger partial charge is 0.325 e. The fraction of sp³-hybridized carbons (Fsp3) is 0.417. The topological polar surface area (TPSA) is 101 Å². The highest BCUT2D eigenvalue weighted by Gasteiger charge is 2.22. The van der Waals surface area contributed by atoms with Crippen LogP contribution in [0.1, 0.15) is 20.8 Å². The van der Waals surface area contributed by atoms with Crippen LogP contribution in [0.5, 0.6) is 0 Å². The lowest BCUT2D eigenvalue weighted by Gasteiger charge is -2.20. The van der Waals surface area contributed by atoms with Crippen molar-refractivity contribution in [1.82, 2.24) is 4.72 Å². The molecule has 1 aromatic rings. The van der Waals surface area contributed by atoms with E-state index >= 15 is 0 Å². The van der Waals surface area contributed by atoms with Gasteiger partial charge in [0.2, 0.25) is 15.9 Å². The second-order valence-corrected chi connectivity index (χ2v) is 6.82. The maximum Gasteiger partial charge on any atom is 0.241 e. The van der Waals surface area contributed by atoms with Gasteiger partial charge < -0.3 is 11.1 Å². The molecule has 114 valence electrons. The third-order valence-corrected chi connectivity index (χ3v) is 3.81. The zero-order chi connectivity index (χ0) is 14.7. The Balaban J connectivity index is 0.00000361. The third kappa shape index (κ3) is 5.87. The number of amides is 1. The van der Waals surface area contributed by atoms with E-state index < -0.39 is 15.6 Å². The zero-order valence-corrected chi connectivity index (χ0v) is 13.3. The Morgan fingerprint density at radius 3 is 2.40 bits per heavy atom. The van der Waals surface area contributed by atoms with Crippen LogP contribution >= 0.6 is 12.4 Å². The average molecular weight is 322 g/mol. The molecule has 0 bridgehead atoms. The summed E-state index contributed by atoms with van der Waals surface area (Å²) in [5.74, 6) is -0.377. The standard InChI is InChI=1S/C12H19N3O3S.ClH/c1-12(2,3)15-19(17,18)10-6-4-5-9(7-10)14-11(16)8-13;/h4-7,15H,8,13H2,1-3H3,(H,14,16);1H. The van der Waals surface area contributed by atoms with Crippen LogP contribution in [-0.4, -0.2) is 26.4 Å². The molecule has 0 spiro atoms. The van der Waals surface area contributed by atoms with E-state index in [-0.39, 0.29) is 29.8 Å². The molecule has 0 atom stereocenters. The number of hydrogen-bond acceptors (Lipinski definition) is 4. The van der Waals surface area contributed by atoms with Gasteiger partial charge in [0, 0.05) is 11.2 Å². The molecular weight excluding hydrogens is 302 g/mol. The minimum Gasteiger partial charge on any atom is -0.325 e. The number of hydrogen-bond donors (Lipinski definition) is 3. The number of carbonyl (C=O) groups is 1. The van der Waals surface area contributed by atoms with Crippen LogP contribution in [0.2, 0.25) is 0 Å². The fourth-order valence-corrected chi connectivity index (χ4v) is 2.88. The zero-order valence-electron chi connectivity index (χ0n) is 11.6. The Morgan fingerprint density at radius 1 is 1.30 bits per heavy atom. The van der Waals surface area contributed by atoms with Gasteiger partial charge in [-0.2, -0.15) is 0 Å². The first-order valence-electron chi connectivity index (χ1n) is 5.78. The van der Waals surface area contributed by atoms with Crippen LogP contribution in [0.25, 0.3) is 0 Å². The monoisotopic (exact) mass is 321 g/mol. The van der Waals surface area contributed by atoms with Gasteiger partial charge in [-0.05, 0) is 39.0 Å². The SMILES string of the molecule is CC(C)(C)NS(=O)(=O)c1cccc(NC(=O)CN)c1.Cl. The molecule has 6 nitrogen and oxygen atoms in total. The highest BCUT2D eigenvalue weighted by Crippen LogP contribution is 2.17. The molecule has 0 saturated heterocycles. The molecule has 1 rings (SSSR count). The fourth-order valence-electron chi connectivity index (χ4n) is 1.42. The van der Waals surface area contributed by atoms with Crippen LogP contribution in [0.15, 0.2) is 29.2 Å². The Labute approximate surface area is 125 Å². The second-order valence-electron chi connectivity index (χ2n) is 5.14. The van der Waals surface area contributed by atoms with Crippen LogP contribution in [-0.2, 0) is 14.8 Å². The normalized spacial score (nSPS) is 11.6. The van der Waals surface area contributed by atoms with Crippen molar-refractivity contribution in [3.8, 4) is 0 Å². The molecule has 0 heterocycles. The predicted octanol–water partition coefficient (Wildman–Crippen LogP) is 1.08. The number of carbonyl (C=O) groups excluding carboxylic acids is 1. The molecule has 8 heteroatoms. The summed E-state index contributed by atoms with van der Waals surface area (Å²) in [5.41, 5.74) is 5.01. The van der Waals surface area contributed by atoms with E-state index in [1.807, 2.05) is 0 Å². The molecule has 1 amide bonds. The Hall–Kier alpha value is -1.15. The van der Waals surface area contributed by atoms with Crippen molar-refractivity contribution in [1.29, 1.82) is 0 Å². The summed E-state index contributed by atoms with van der Waals surface area (Å²) < 4.78 is 26.8. The van der Waals surface area contributed by atoms with Crippen molar-refractivity contribution in [3.63, 3.8) is 0 Å². The van der Waals surface area contributed by atoms with Crippen molar-refractivity contribution in [3.05, 3.63) is 24.3 Å². The minimum absolute atomic E-state index is 0. The number of anilines is 1. The van der Waals surface area contributed by atoms with Crippen molar-refractivity contribution in [2.24, 2.45) is 5.73 Å². The molecule has 0 aromatic heterocycles. The van der Waals surface area contributed by atoms with Gasteiger partial charge in [0.15, 0.2) is 0 Å². The number of nitrogens with one attached hydrogen (secondary N) is 2. The predicted molar refractivity (Wildman–Crippen MR) is 81.4 cm³/mol. The summed E-state index contributed by atoms with van der Waals surface area (Å²) in [6, 6.07) is 6.01. The van der Waals surface area contributed by atoms with Crippen LogP contribution < -0.4 is 15.8 Å². The summed E-state index contributed by atoms with van der Waals surface area (Å²) in [7, 11) is -3.62. The van der Waals surface area contributed by atoms with E-state index in [1.54, 1.807) is 32.9 Å². The minimum atomic E-state index is -3.62. The molecule has 0 aliphatic rings. The molecular formula is C12H20ClN3O3S. The number of rotatable bonds is 4. The summed E-state index contributed by atoms with van der Waals surface area (Å²) in [5, 5.41) is 2.51. The van der Waals surface area contributed by atoms with Crippen molar-refractivity contribution in [2.45, 2.75) is 31.2 Å². The maximum absolute atomic E-state index is 12.1. The van der Waals surface area contributed by atoms with E-state index in [4.69, 9.17) is 5.73 Å². The first-order valence-corrected chi connectivity index (χ1v) is 7.26. The van der Waals surface area contributed by atoms with Crippen molar-refractivity contribution >= 4 is 34.0 Å². The summed E-state index contributed by atoms with van der Waals surface area (Å²) in [4.78, 5) is 11.3. The van der Waals surface area contributed by atoms with Gasteiger partial charge in [0.1, 0.15) is 0 Å². The Bertz CT molecular complexity index is 568. The van der Waals surface area contributed by atoms with Gasteiger partial charge in [0.25, 0.3) is 0 Å².